The van der Waals surface area contributed by atoms with Crippen molar-refractivity contribution in [2.24, 2.45) is 0 Å². The van der Waals surface area contributed by atoms with Crippen molar-refractivity contribution in [2.45, 2.75) is 399 Å². The molecule has 0 aliphatic heterocycles. The molecule has 81 heavy (non-hydrogen) atoms. The summed E-state index contributed by atoms with van der Waals surface area (Å²) >= 11 is 0. The number of esters is 2. The van der Waals surface area contributed by atoms with Gasteiger partial charge in [-0.3, -0.25) is 14.2 Å². The summed E-state index contributed by atoms with van der Waals surface area (Å²) in [6.07, 6.45) is 76.3. The van der Waals surface area contributed by atoms with E-state index in [4.69, 9.17) is 18.5 Å². The van der Waals surface area contributed by atoms with Crippen LogP contribution in [0.4, 0.5) is 0 Å². The zero-order valence-corrected chi connectivity index (χ0v) is 56.2. The van der Waals surface area contributed by atoms with Crippen molar-refractivity contribution in [3.05, 3.63) is 0 Å². The number of quaternary nitrogens is 1. The van der Waals surface area contributed by atoms with Crippen molar-refractivity contribution in [2.75, 3.05) is 47.5 Å². The van der Waals surface area contributed by atoms with Crippen LogP contribution in [0.5, 0.6) is 0 Å². The molecule has 0 aliphatic carbocycles. The lowest BCUT2D eigenvalue weighted by molar-refractivity contribution is -0.870. The Morgan fingerprint density at radius 1 is 0.333 bits per heavy atom. The van der Waals surface area contributed by atoms with Crippen LogP contribution < -0.4 is 4.89 Å². The standard InChI is InChI=1S/C71H142NO8P/c1-6-8-10-12-14-16-18-20-22-24-26-28-30-31-32-33-34-35-36-37-38-39-40-42-44-46-48-50-52-54-56-58-60-62-64-71(74)80-69(68-79-81(75,76)78-66-65-72(3,4)5)67-77-70(73)63-61-59-57-55-53-51-49-47-45-43-41-29-27-25-23-21-19-17-15-13-11-9-7-2/h69H,6-68H2,1-5H3. The molecule has 0 aromatic carbocycles. The number of rotatable bonds is 69. The highest BCUT2D eigenvalue weighted by Gasteiger charge is 2.22. The lowest BCUT2D eigenvalue weighted by Gasteiger charge is -2.28. The molecule has 2 unspecified atom stereocenters. The van der Waals surface area contributed by atoms with Gasteiger partial charge in [0.2, 0.25) is 0 Å². The Kier molecular flexibility index (Phi) is 62.7. The molecule has 484 valence electrons. The van der Waals surface area contributed by atoms with Crippen molar-refractivity contribution >= 4 is 19.8 Å². The second-order valence-corrected chi connectivity index (χ2v) is 27.7. The summed E-state index contributed by atoms with van der Waals surface area (Å²) in [5.74, 6) is -0.803. The smallest absolute Gasteiger partial charge is 0.306 e. The number of likely N-dealkylation sites (N-methyl/N-ethyl adjacent to an activating group) is 1. The minimum atomic E-state index is -4.63. The van der Waals surface area contributed by atoms with Gasteiger partial charge in [-0.2, -0.15) is 0 Å². The monoisotopic (exact) mass is 1170 g/mol. The lowest BCUT2D eigenvalue weighted by atomic mass is 10.0. The van der Waals surface area contributed by atoms with Crippen LogP contribution >= 0.6 is 7.82 Å². The molecule has 0 heterocycles. The van der Waals surface area contributed by atoms with Gasteiger partial charge in [0, 0.05) is 12.8 Å². The van der Waals surface area contributed by atoms with E-state index in [2.05, 4.69) is 13.8 Å². The van der Waals surface area contributed by atoms with Crippen molar-refractivity contribution in [3.8, 4) is 0 Å². The minimum Gasteiger partial charge on any atom is -0.756 e. The topological polar surface area (TPSA) is 111 Å². The quantitative estimate of drug-likeness (QED) is 0.0256. The molecule has 0 aromatic rings. The Hall–Kier alpha value is -0.990. The lowest BCUT2D eigenvalue weighted by Crippen LogP contribution is -2.37. The summed E-state index contributed by atoms with van der Waals surface area (Å²) < 4.78 is 34.3. The molecule has 0 aliphatic rings. The molecular weight excluding hydrogens is 1030 g/mol. The Bertz CT molecular complexity index is 1330. The molecule has 0 spiro atoms. The number of carbonyl (C=O) groups excluding carboxylic acids is 2. The Balaban J connectivity index is 3.93. The van der Waals surface area contributed by atoms with E-state index < -0.39 is 26.5 Å². The minimum absolute atomic E-state index is 0.0248. The van der Waals surface area contributed by atoms with Crippen molar-refractivity contribution < 1.29 is 42.1 Å². The van der Waals surface area contributed by atoms with Gasteiger partial charge < -0.3 is 27.9 Å². The predicted octanol–water partition coefficient (Wildman–Crippen LogP) is 22.7. The fourth-order valence-electron chi connectivity index (χ4n) is 11.3. The number of nitrogens with zero attached hydrogens (tertiary/aromatic N) is 1. The van der Waals surface area contributed by atoms with Crippen LogP contribution in [-0.4, -0.2) is 70.0 Å². The first-order chi connectivity index (χ1) is 39.5. The van der Waals surface area contributed by atoms with E-state index in [0.717, 1.165) is 32.1 Å². The number of hydrogen-bond donors (Lipinski definition) is 0. The average molecular weight is 1170 g/mol. The Labute approximate surface area is 505 Å². The van der Waals surface area contributed by atoms with Gasteiger partial charge in [0.25, 0.3) is 7.82 Å². The molecule has 0 saturated heterocycles. The van der Waals surface area contributed by atoms with Crippen LogP contribution in [0.2, 0.25) is 0 Å². The zero-order chi connectivity index (χ0) is 59.1. The van der Waals surface area contributed by atoms with Gasteiger partial charge in [0.15, 0.2) is 6.10 Å². The molecule has 0 saturated carbocycles. The van der Waals surface area contributed by atoms with E-state index >= 15 is 0 Å². The fraction of sp³-hybridized carbons (Fsp3) is 0.972. The van der Waals surface area contributed by atoms with Crippen LogP contribution in [0.15, 0.2) is 0 Å². The predicted molar refractivity (Wildman–Crippen MR) is 347 cm³/mol. The van der Waals surface area contributed by atoms with Crippen molar-refractivity contribution in [1.82, 2.24) is 0 Å². The van der Waals surface area contributed by atoms with Crippen molar-refractivity contribution in [3.63, 3.8) is 0 Å². The summed E-state index contributed by atoms with van der Waals surface area (Å²) in [4.78, 5) is 38.1. The van der Waals surface area contributed by atoms with Gasteiger partial charge in [0.05, 0.1) is 27.7 Å². The molecule has 0 rings (SSSR count). The van der Waals surface area contributed by atoms with Crippen LogP contribution in [-0.2, 0) is 32.7 Å². The van der Waals surface area contributed by atoms with Crippen LogP contribution in [0.3, 0.4) is 0 Å². The molecular formula is C71H142NO8P. The van der Waals surface area contributed by atoms with Gasteiger partial charge in [-0.15, -0.1) is 0 Å². The van der Waals surface area contributed by atoms with Gasteiger partial charge in [-0.05, 0) is 12.8 Å². The molecule has 0 fully saturated rings. The Morgan fingerprint density at radius 3 is 0.790 bits per heavy atom. The maximum Gasteiger partial charge on any atom is 0.306 e. The van der Waals surface area contributed by atoms with E-state index in [9.17, 15) is 19.0 Å². The zero-order valence-electron chi connectivity index (χ0n) is 55.3. The number of phosphoric acid groups is 1. The molecule has 0 amide bonds. The average Bonchev–Trinajstić information content (AvgIpc) is 3.43. The molecule has 0 aromatic heterocycles. The molecule has 10 heteroatoms. The van der Waals surface area contributed by atoms with Crippen LogP contribution in [0.1, 0.15) is 393 Å². The maximum atomic E-state index is 12.9. The third-order valence-corrected chi connectivity index (χ3v) is 17.8. The summed E-state index contributed by atoms with van der Waals surface area (Å²) in [6, 6.07) is 0. The van der Waals surface area contributed by atoms with E-state index in [1.54, 1.807) is 0 Å². The van der Waals surface area contributed by atoms with E-state index in [1.165, 1.54) is 327 Å². The normalized spacial score (nSPS) is 13.0. The van der Waals surface area contributed by atoms with E-state index in [-0.39, 0.29) is 32.0 Å². The highest BCUT2D eigenvalue weighted by molar-refractivity contribution is 7.45. The van der Waals surface area contributed by atoms with Crippen LogP contribution in [0.25, 0.3) is 0 Å². The van der Waals surface area contributed by atoms with Crippen molar-refractivity contribution in [1.29, 1.82) is 0 Å². The highest BCUT2D eigenvalue weighted by Crippen LogP contribution is 2.38. The molecule has 0 bridgehead atoms. The summed E-state index contributed by atoms with van der Waals surface area (Å²) in [7, 11) is 1.20. The maximum absolute atomic E-state index is 12.9. The number of ether oxygens (including phenoxy) is 2. The third kappa shape index (κ3) is 68.0. The van der Waals surface area contributed by atoms with E-state index in [0.29, 0.717) is 17.4 Å². The summed E-state index contributed by atoms with van der Waals surface area (Å²) in [5.41, 5.74) is 0. The second-order valence-electron chi connectivity index (χ2n) is 26.3. The van der Waals surface area contributed by atoms with Gasteiger partial charge in [-0.1, -0.05) is 367 Å². The number of unbranched alkanes of at least 4 members (excludes halogenated alkanes) is 55. The van der Waals surface area contributed by atoms with Gasteiger partial charge in [-0.25, -0.2) is 0 Å². The summed E-state index contributed by atoms with van der Waals surface area (Å²) in [6.45, 7) is 4.34. The Morgan fingerprint density at radius 2 is 0.556 bits per heavy atom. The fourth-order valence-corrected chi connectivity index (χ4v) is 12.0. The number of phosphoric ester groups is 1. The molecule has 2 atom stereocenters. The molecule has 9 nitrogen and oxygen atoms in total. The van der Waals surface area contributed by atoms with Gasteiger partial charge >= 0.3 is 11.9 Å². The van der Waals surface area contributed by atoms with Crippen LogP contribution in [0, 0.1) is 0 Å². The third-order valence-electron chi connectivity index (χ3n) is 16.9. The molecule has 0 N–H and O–H groups in total. The molecule has 0 radical (unpaired) electrons. The second kappa shape index (κ2) is 63.5. The number of hydrogen-bond acceptors (Lipinski definition) is 8. The van der Waals surface area contributed by atoms with Gasteiger partial charge in [0.1, 0.15) is 19.8 Å². The first-order valence-corrected chi connectivity index (χ1v) is 37.7. The first kappa shape index (κ1) is 80.0. The van der Waals surface area contributed by atoms with E-state index in [1.807, 2.05) is 21.1 Å². The SMILES string of the molecule is CCCCCCCCCCCCCCCCCCCCCCCCCCCCCCCCCCCCC(=O)OC(COC(=O)CCCCCCCCCCCCCCCCCCCCCCCCC)COP(=O)([O-])OCC[N+](C)(C)C. The number of carbonyl (C=O) groups is 2. The summed E-state index contributed by atoms with van der Waals surface area (Å²) in [5, 5.41) is 0. The highest BCUT2D eigenvalue weighted by atomic mass is 31.2. The first-order valence-electron chi connectivity index (χ1n) is 36.2. The largest absolute Gasteiger partial charge is 0.756 e.